The van der Waals surface area contributed by atoms with Crippen LogP contribution in [-0.2, 0) is 0 Å². The molecule has 1 aliphatic heterocycles. The van der Waals surface area contributed by atoms with Crippen molar-refractivity contribution in [1.82, 2.24) is 4.90 Å². The van der Waals surface area contributed by atoms with Gasteiger partial charge in [-0.05, 0) is 31.5 Å². The fraction of sp³-hybridized carbons (Fsp3) is 0.385. The molecule has 1 aliphatic rings. The van der Waals surface area contributed by atoms with Crippen LogP contribution in [0.5, 0.6) is 0 Å². The Morgan fingerprint density at radius 2 is 2.00 bits per heavy atom. The second-order valence-electron chi connectivity index (χ2n) is 4.61. The maximum Gasteiger partial charge on any atom is 0.272 e. The van der Waals surface area contributed by atoms with Crippen molar-refractivity contribution in [3.63, 3.8) is 0 Å². The number of non-ortho nitro benzene ring substituents is 1. The van der Waals surface area contributed by atoms with E-state index in [9.17, 15) is 14.5 Å². The van der Waals surface area contributed by atoms with E-state index in [4.69, 9.17) is 0 Å². The van der Waals surface area contributed by atoms with Crippen LogP contribution in [0.15, 0.2) is 23.8 Å². The van der Waals surface area contributed by atoms with Gasteiger partial charge in [0.2, 0.25) is 0 Å². The molecule has 0 unspecified atom stereocenters. The SMILES string of the molecule is CN1CCC(=Cc2cc(F)cc([N+](=O)[O-])c2)CC1. The van der Waals surface area contributed by atoms with Gasteiger partial charge in [-0.15, -0.1) is 0 Å². The third kappa shape index (κ3) is 3.13. The van der Waals surface area contributed by atoms with Gasteiger partial charge in [0.05, 0.1) is 11.0 Å². The number of benzene rings is 1. The number of hydrogen-bond donors (Lipinski definition) is 0. The Morgan fingerprint density at radius 3 is 2.61 bits per heavy atom. The number of nitrogens with zero attached hydrogens (tertiary/aromatic N) is 2. The molecule has 4 nitrogen and oxygen atoms in total. The second kappa shape index (κ2) is 5.27. The van der Waals surface area contributed by atoms with Crippen molar-refractivity contribution in [2.75, 3.05) is 20.1 Å². The summed E-state index contributed by atoms with van der Waals surface area (Å²) in [5, 5.41) is 10.7. The highest BCUT2D eigenvalue weighted by atomic mass is 19.1. The van der Waals surface area contributed by atoms with Crippen LogP contribution < -0.4 is 0 Å². The molecule has 1 aromatic rings. The lowest BCUT2D eigenvalue weighted by Crippen LogP contribution is -2.26. The minimum absolute atomic E-state index is 0.199. The molecule has 0 bridgehead atoms. The average Bonchev–Trinajstić information content (AvgIpc) is 2.31. The molecule has 0 saturated carbocycles. The van der Waals surface area contributed by atoms with Gasteiger partial charge in [-0.2, -0.15) is 0 Å². The van der Waals surface area contributed by atoms with Crippen molar-refractivity contribution < 1.29 is 9.31 Å². The number of likely N-dealkylation sites (tertiary alicyclic amines) is 1. The molecular formula is C13H15FN2O2. The average molecular weight is 250 g/mol. The van der Waals surface area contributed by atoms with Gasteiger partial charge < -0.3 is 4.90 Å². The smallest absolute Gasteiger partial charge is 0.272 e. The van der Waals surface area contributed by atoms with Crippen molar-refractivity contribution in [2.45, 2.75) is 12.8 Å². The summed E-state index contributed by atoms with van der Waals surface area (Å²) < 4.78 is 13.3. The zero-order chi connectivity index (χ0) is 13.1. The summed E-state index contributed by atoms with van der Waals surface area (Å²) in [7, 11) is 2.06. The Hall–Kier alpha value is -1.75. The molecule has 0 aliphatic carbocycles. The van der Waals surface area contributed by atoms with Gasteiger partial charge in [-0.25, -0.2) is 4.39 Å². The van der Waals surface area contributed by atoms with Crippen molar-refractivity contribution in [1.29, 1.82) is 0 Å². The number of rotatable bonds is 2. The zero-order valence-corrected chi connectivity index (χ0v) is 10.2. The first-order valence-corrected chi connectivity index (χ1v) is 5.87. The number of nitro groups is 1. The molecule has 2 rings (SSSR count). The summed E-state index contributed by atoms with van der Waals surface area (Å²) in [6.45, 7) is 1.95. The van der Waals surface area contributed by atoms with Crippen molar-refractivity contribution >= 4 is 11.8 Å². The molecule has 1 heterocycles. The predicted octanol–water partition coefficient (Wildman–Crippen LogP) is 2.84. The lowest BCUT2D eigenvalue weighted by molar-refractivity contribution is -0.385. The highest BCUT2D eigenvalue weighted by Gasteiger charge is 2.12. The molecular weight excluding hydrogens is 235 g/mol. The Balaban J connectivity index is 2.23. The summed E-state index contributed by atoms with van der Waals surface area (Å²) in [5.41, 5.74) is 1.59. The fourth-order valence-electron chi connectivity index (χ4n) is 2.07. The monoisotopic (exact) mass is 250 g/mol. The first kappa shape index (κ1) is 12.7. The highest BCUT2D eigenvalue weighted by Crippen LogP contribution is 2.22. The predicted molar refractivity (Wildman–Crippen MR) is 67.8 cm³/mol. The summed E-state index contributed by atoms with van der Waals surface area (Å²) in [6.07, 6.45) is 3.73. The maximum atomic E-state index is 13.3. The first-order chi connectivity index (χ1) is 8.54. The number of halogens is 1. The number of hydrogen-bond acceptors (Lipinski definition) is 3. The van der Waals surface area contributed by atoms with Crippen LogP contribution in [0.4, 0.5) is 10.1 Å². The van der Waals surface area contributed by atoms with E-state index in [1.54, 1.807) is 0 Å². The highest BCUT2D eigenvalue weighted by molar-refractivity contribution is 5.56. The van der Waals surface area contributed by atoms with Crippen molar-refractivity contribution in [3.05, 3.63) is 45.3 Å². The Kier molecular flexibility index (Phi) is 3.72. The topological polar surface area (TPSA) is 46.4 Å². The van der Waals surface area contributed by atoms with E-state index in [0.29, 0.717) is 5.56 Å². The van der Waals surface area contributed by atoms with Crippen LogP contribution in [0.3, 0.4) is 0 Å². The van der Waals surface area contributed by atoms with E-state index in [1.807, 2.05) is 6.08 Å². The second-order valence-corrected chi connectivity index (χ2v) is 4.61. The van der Waals surface area contributed by atoms with E-state index in [0.717, 1.165) is 32.0 Å². The van der Waals surface area contributed by atoms with Gasteiger partial charge in [-0.1, -0.05) is 11.6 Å². The largest absolute Gasteiger partial charge is 0.306 e. The van der Waals surface area contributed by atoms with Gasteiger partial charge in [0.1, 0.15) is 5.82 Å². The van der Waals surface area contributed by atoms with Gasteiger partial charge in [-0.3, -0.25) is 10.1 Å². The van der Waals surface area contributed by atoms with Crippen molar-refractivity contribution in [3.8, 4) is 0 Å². The van der Waals surface area contributed by atoms with E-state index in [-0.39, 0.29) is 5.69 Å². The molecule has 18 heavy (non-hydrogen) atoms. The quantitative estimate of drug-likeness (QED) is 0.599. The Morgan fingerprint density at radius 1 is 1.33 bits per heavy atom. The minimum Gasteiger partial charge on any atom is -0.306 e. The number of nitro benzene ring substituents is 1. The van der Waals surface area contributed by atoms with Crippen LogP contribution in [-0.4, -0.2) is 30.0 Å². The maximum absolute atomic E-state index is 13.3. The van der Waals surface area contributed by atoms with Gasteiger partial charge in [0.15, 0.2) is 0 Å². The lowest BCUT2D eigenvalue weighted by atomic mass is 10.0. The normalized spacial score (nSPS) is 16.7. The molecule has 0 radical (unpaired) electrons. The zero-order valence-electron chi connectivity index (χ0n) is 10.2. The fourth-order valence-corrected chi connectivity index (χ4v) is 2.07. The first-order valence-electron chi connectivity index (χ1n) is 5.87. The number of piperidine rings is 1. The molecule has 96 valence electrons. The molecule has 0 aromatic heterocycles. The minimum atomic E-state index is -0.570. The Bertz CT molecular complexity index is 490. The van der Waals surface area contributed by atoms with E-state index >= 15 is 0 Å². The summed E-state index contributed by atoms with van der Waals surface area (Å²) in [6, 6.07) is 3.68. The Labute approximate surface area is 105 Å². The summed E-state index contributed by atoms with van der Waals surface area (Å²) >= 11 is 0. The summed E-state index contributed by atoms with van der Waals surface area (Å²) in [4.78, 5) is 12.3. The van der Waals surface area contributed by atoms with Crippen LogP contribution in [0, 0.1) is 15.9 Å². The van der Waals surface area contributed by atoms with Gasteiger partial charge >= 0.3 is 0 Å². The molecule has 0 amide bonds. The third-order valence-electron chi connectivity index (χ3n) is 3.12. The summed E-state index contributed by atoms with van der Waals surface area (Å²) in [5.74, 6) is -0.566. The van der Waals surface area contributed by atoms with Crippen LogP contribution in [0.25, 0.3) is 6.08 Å². The molecule has 5 heteroatoms. The van der Waals surface area contributed by atoms with Gasteiger partial charge in [0, 0.05) is 19.2 Å². The van der Waals surface area contributed by atoms with E-state index in [2.05, 4.69) is 11.9 Å². The standard InChI is InChI=1S/C13H15FN2O2/c1-15-4-2-10(3-5-15)6-11-7-12(14)9-13(8-11)16(17)18/h6-9H,2-5H2,1H3. The molecule has 1 saturated heterocycles. The molecule has 0 N–H and O–H groups in total. The molecule has 0 atom stereocenters. The van der Waals surface area contributed by atoms with Crippen LogP contribution >= 0.6 is 0 Å². The van der Waals surface area contributed by atoms with E-state index in [1.165, 1.54) is 17.7 Å². The molecule has 1 fully saturated rings. The molecule has 1 aromatic carbocycles. The third-order valence-corrected chi connectivity index (χ3v) is 3.12. The van der Waals surface area contributed by atoms with Crippen LogP contribution in [0.2, 0.25) is 0 Å². The van der Waals surface area contributed by atoms with Crippen molar-refractivity contribution in [2.24, 2.45) is 0 Å². The lowest BCUT2D eigenvalue weighted by Gasteiger charge is -2.24. The van der Waals surface area contributed by atoms with E-state index < -0.39 is 10.7 Å². The van der Waals surface area contributed by atoms with Gasteiger partial charge in [0.25, 0.3) is 5.69 Å². The molecule has 0 spiro atoms. The van der Waals surface area contributed by atoms with Crippen LogP contribution in [0.1, 0.15) is 18.4 Å².